The van der Waals surface area contributed by atoms with Crippen LogP contribution in [0.3, 0.4) is 0 Å². The molecule has 29 heavy (non-hydrogen) atoms. The van der Waals surface area contributed by atoms with Crippen molar-refractivity contribution in [3.05, 3.63) is 69.8 Å². The minimum absolute atomic E-state index is 0.287. The summed E-state index contributed by atoms with van der Waals surface area (Å²) >= 11 is 5.95. The third-order valence-electron chi connectivity index (χ3n) is 4.13. The molecule has 2 aromatic carbocycles. The maximum Gasteiger partial charge on any atom is 0.277 e. The van der Waals surface area contributed by atoms with Gasteiger partial charge in [-0.15, -0.1) is 0 Å². The molecule has 1 aliphatic rings. The van der Waals surface area contributed by atoms with E-state index in [2.05, 4.69) is 20.5 Å². The molecule has 0 spiro atoms. The van der Waals surface area contributed by atoms with Crippen LogP contribution in [0.2, 0.25) is 5.02 Å². The van der Waals surface area contributed by atoms with Crippen molar-refractivity contribution in [1.29, 1.82) is 0 Å². The highest BCUT2D eigenvalue weighted by molar-refractivity contribution is 6.30. The summed E-state index contributed by atoms with van der Waals surface area (Å²) in [4.78, 5) is 32.8. The Balaban J connectivity index is 1.99. The summed E-state index contributed by atoms with van der Waals surface area (Å²) in [6.45, 7) is -0.798. The van der Waals surface area contributed by atoms with Gasteiger partial charge < -0.3 is 15.3 Å². The second-order valence-corrected chi connectivity index (χ2v) is 6.59. The quantitative estimate of drug-likeness (QED) is 0.352. The van der Waals surface area contributed by atoms with Gasteiger partial charge >= 0.3 is 0 Å². The average Bonchev–Trinajstić information content (AvgIpc) is 2.74. The number of amides is 2. The first-order valence-corrected chi connectivity index (χ1v) is 8.94. The lowest BCUT2D eigenvalue weighted by Crippen LogP contribution is -2.49. The number of carbonyl (C=O) groups is 2. The number of hydrazone groups is 1. The molecule has 2 amide bonds. The van der Waals surface area contributed by atoms with E-state index in [1.165, 1.54) is 12.1 Å². The smallest absolute Gasteiger partial charge is 0.277 e. The molecule has 0 fully saturated rings. The van der Waals surface area contributed by atoms with Gasteiger partial charge in [0.15, 0.2) is 6.04 Å². The van der Waals surface area contributed by atoms with Crippen molar-refractivity contribution in [1.82, 2.24) is 5.43 Å². The van der Waals surface area contributed by atoms with Crippen LogP contribution in [-0.4, -0.2) is 57.7 Å². The molecule has 9 nitrogen and oxygen atoms in total. The molecule has 0 bridgehead atoms. The summed E-state index contributed by atoms with van der Waals surface area (Å²) in [5, 5.41) is 34.1. The Morgan fingerprint density at radius 2 is 1.90 bits per heavy atom. The second kappa shape index (κ2) is 9.01. The molecule has 3 rings (SSSR count). The third kappa shape index (κ3) is 4.72. The van der Waals surface area contributed by atoms with Crippen LogP contribution in [0.25, 0.3) is 0 Å². The van der Waals surface area contributed by atoms with E-state index in [1.807, 2.05) is 0 Å². The van der Waals surface area contributed by atoms with Gasteiger partial charge in [0.05, 0.1) is 17.3 Å². The van der Waals surface area contributed by atoms with Gasteiger partial charge in [-0.2, -0.15) is 5.10 Å². The maximum absolute atomic E-state index is 12.5. The standard InChI is InChI=1S/C19H17ClN4O5/c20-11-6-7-12-13(8-11)21-16(19(29)22-12)15(17(27)14(26)9-25)23-24-18(28)10-4-2-1-3-5-10/h1-8,14,16-17,25-27H,9H2,(H,24,28)/b23-15+. The molecule has 0 aliphatic carbocycles. The molecular formula is C19H17ClN4O5. The molecule has 1 heterocycles. The number of halogens is 1. The van der Waals surface area contributed by atoms with Crippen LogP contribution >= 0.6 is 11.6 Å². The normalized spacial score (nSPS) is 18.1. The lowest BCUT2D eigenvalue weighted by atomic mass is 10.0. The van der Waals surface area contributed by atoms with Crippen molar-refractivity contribution in [3.8, 4) is 0 Å². The van der Waals surface area contributed by atoms with Gasteiger partial charge in [0.2, 0.25) is 0 Å². The number of fused-ring (bicyclic) bond motifs is 1. The molecule has 10 heteroatoms. The van der Waals surface area contributed by atoms with E-state index < -0.39 is 36.7 Å². The monoisotopic (exact) mass is 416 g/mol. The van der Waals surface area contributed by atoms with Crippen molar-refractivity contribution in [3.63, 3.8) is 0 Å². The first kappa shape index (κ1) is 20.7. The Labute approximate surface area is 169 Å². The predicted molar refractivity (Wildman–Crippen MR) is 103 cm³/mol. The van der Waals surface area contributed by atoms with E-state index in [9.17, 15) is 19.8 Å². The van der Waals surface area contributed by atoms with Gasteiger partial charge in [0.25, 0.3) is 11.8 Å². The number of rotatable bonds is 6. The van der Waals surface area contributed by atoms with Crippen molar-refractivity contribution in [2.75, 3.05) is 6.61 Å². The van der Waals surface area contributed by atoms with Crippen LogP contribution in [0.1, 0.15) is 10.4 Å². The van der Waals surface area contributed by atoms with E-state index in [1.54, 1.807) is 36.4 Å². The van der Waals surface area contributed by atoms with Crippen LogP contribution in [0.5, 0.6) is 0 Å². The molecule has 0 aromatic heterocycles. The molecule has 4 N–H and O–H groups in total. The summed E-state index contributed by atoms with van der Waals surface area (Å²) in [5.41, 5.74) is 2.16. The number of benzene rings is 2. The van der Waals surface area contributed by atoms with Gasteiger partial charge in [-0.05, 0) is 30.3 Å². The Hall–Kier alpha value is -2.98. The van der Waals surface area contributed by atoms with Crippen LogP contribution in [0, 0.1) is 0 Å². The number of aliphatic hydroxyl groups excluding tert-OH is 3. The minimum Gasteiger partial charge on any atom is -0.394 e. The third-order valence-corrected chi connectivity index (χ3v) is 4.36. The van der Waals surface area contributed by atoms with E-state index in [0.717, 1.165) is 0 Å². The number of hydrogen-bond acceptors (Lipinski definition) is 7. The fourth-order valence-electron chi connectivity index (χ4n) is 2.62. The van der Waals surface area contributed by atoms with Gasteiger partial charge in [-0.3, -0.25) is 14.6 Å². The molecule has 150 valence electrons. The maximum atomic E-state index is 12.5. The van der Waals surface area contributed by atoms with Crippen LogP contribution in [0.15, 0.2) is 63.6 Å². The van der Waals surface area contributed by atoms with Crippen LogP contribution in [0.4, 0.5) is 0 Å². The lowest BCUT2D eigenvalue weighted by molar-refractivity contribution is -0.118. The summed E-state index contributed by atoms with van der Waals surface area (Å²) in [7, 11) is 0. The zero-order valence-corrected chi connectivity index (χ0v) is 15.7. The Bertz CT molecular complexity index is 1070. The predicted octanol–water partition coefficient (Wildman–Crippen LogP) is -1.01. The summed E-state index contributed by atoms with van der Waals surface area (Å²) in [6.07, 6.45) is -3.42. The Morgan fingerprint density at radius 1 is 1.17 bits per heavy atom. The Kier molecular flexibility index (Phi) is 6.45. The number of aliphatic hydroxyl groups is 3. The van der Waals surface area contributed by atoms with Crippen molar-refractivity contribution in [2.24, 2.45) is 15.1 Å². The second-order valence-electron chi connectivity index (χ2n) is 6.15. The zero-order valence-electron chi connectivity index (χ0n) is 14.9. The molecule has 1 aliphatic heterocycles. The molecule has 0 saturated carbocycles. The van der Waals surface area contributed by atoms with Crippen molar-refractivity contribution >= 4 is 29.1 Å². The van der Waals surface area contributed by atoms with Crippen molar-refractivity contribution in [2.45, 2.75) is 18.2 Å². The molecule has 2 aromatic rings. The molecule has 0 saturated heterocycles. The fourth-order valence-corrected chi connectivity index (χ4v) is 2.78. The van der Waals surface area contributed by atoms with Crippen molar-refractivity contribution < 1.29 is 24.9 Å². The zero-order chi connectivity index (χ0) is 21.0. The van der Waals surface area contributed by atoms with Gasteiger partial charge in [-0.25, -0.2) is 10.4 Å². The number of hydrogen-bond donors (Lipinski definition) is 4. The van der Waals surface area contributed by atoms with E-state index in [4.69, 9.17) is 16.7 Å². The molecule has 3 atom stereocenters. The Morgan fingerprint density at radius 3 is 2.59 bits per heavy atom. The van der Waals surface area contributed by atoms with Gasteiger partial charge in [0.1, 0.15) is 17.9 Å². The summed E-state index contributed by atoms with van der Waals surface area (Å²) in [6, 6.07) is 11.3. The highest BCUT2D eigenvalue weighted by Crippen LogP contribution is 2.09. The SMILES string of the molecule is O=C(N/N=C(\C1N=c2cc(Cl)ccc2=NC1=O)C(O)C(O)CO)c1ccccc1. The van der Waals surface area contributed by atoms with Gasteiger partial charge in [0, 0.05) is 10.6 Å². The minimum atomic E-state index is -1.77. The topological polar surface area (TPSA) is 144 Å². The average molecular weight is 417 g/mol. The molecule has 3 unspecified atom stereocenters. The fraction of sp³-hybridized carbons (Fsp3) is 0.211. The largest absolute Gasteiger partial charge is 0.394 e. The van der Waals surface area contributed by atoms with E-state index in [-0.39, 0.29) is 11.1 Å². The van der Waals surface area contributed by atoms with Crippen LogP contribution in [-0.2, 0) is 4.79 Å². The number of nitrogens with zero attached hydrogens (tertiary/aromatic N) is 3. The number of carbonyl (C=O) groups excluding carboxylic acids is 2. The summed E-state index contributed by atoms with van der Waals surface area (Å²) in [5.74, 6) is -1.35. The van der Waals surface area contributed by atoms with E-state index >= 15 is 0 Å². The highest BCUT2D eigenvalue weighted by Gasteiger charge is 2.34. The van der Waals surface area contributed by atoms with Crippen LogP contribution < -0.4 is 16.1 Å². The van der Waals surface area contributed by atoms with E-state index in [0.29, 0.717) is 15.9 Å². The lowest BCUT2D eigenvalue weighted by Gasteiger charge is -2.22. The first-order chi connectivity index (χ1) is 13.9. The summed E-state index contributed by atoms with van der Waals surface area (Å²) < 4.78 is 0. The molecular weight excluding hydrogens is 400 g/mol. The van der Waals surface area contributed by atoms with Gasteiger partial charge in [-0.1, -0.05) is 29.8 Å². The molecule has 0 radical (unpaired) electrons. The highest BCUT2D eigenvalue weighted by atomic mass is 35.5. The number of nitrogens with one attached hydrogen (secondary N) is 1. The first-order valence-electron chi connectivity index (χ1n) is 8.56.